The van der Waals surface area contributed by atoms with Crippen molar-refractivity contribution < 1.29 is 4.79 Å². The SMILES string of the molecule is CCN1CCCC[C@@H]1C(=O)NCc1cccnc1N(C)C. The van der Waals surface area contributed by atoms with Gasteiger partial charge in [0.2, 0.25) is 5.91 Å². The number of likely N-dealkylation sites (N-methyl/N-ethyl adjacent to an activating group) is 1. The molecule has 1 aliphatic rings. The average molecular weight is 290 g/mol. The first-order valence-electron chi connectivity index (χ1n) is 7.76. The van der Waals surface area contributed by atoms with Gasteiger partial charge in [0.1, 0.15) is 5.82 Å². The van der Waals surface area contributed by atoms with Crippen molar-refractivity contribution in [2.75, 3.05) is 32.1 Å². The number of nitrogens with zero attached hydrogens (tertiary/aromatic N) is 3. The van der Waals surface area contributed by atoms with Crippen LogP contribution in [-0.4, -0.2) is 49.0 Å². The van der Waals surface area contributed by atoms with Crippen LogP contribution in [-0.2, 0) is 11.3 Å². The molecule has 0 bridgehead atoms. The van der Waals surface area contributed by atoms with E-state index in [0.29, 0.717) is 6.54 Å². The molecule has 2 heterocycles. The highest BCUT2D eigenvalue weighted by atomic mass is 16.2. The molecule has 1 atom stereocenters. The van der Waals surface area contributed by atoms with Gasteiger partial charge in [-0.05, 0) is 32.0 Å². The zero-order valence-electron chi connectivity index (χ0n) is 13.3. The molecular weight excluding hydrogens is 264 g/mol. The summed E-state index contributed by atoms with van der Waals surface area (Å²) in [6.45, 7) is 4.63. The molecule has 1 amide bonds. The molecule has 0 radical (unpaired) electrons. The van der Waals surface area contributed by atoms with Gasteiger partial charge in [-0.1, -0.05) is 19.4 Å². The van der Waals surface area contributed by atoms with E-state index in [1.807, 2.05) is 31.1 Å². The molecule has 1 aliphatic heterocycles. The Morgan fingerprint density at radius 1 is 1.48 bits per heavy atom. The van der Waals surface area contributed by atoms with Crippen LogP contribution in [0.15, 0.2) is 18.3 Å². The van der Waals surface area contributed by atoms with Gasteiger partial charge in [-0.2, -0.15) is 0 Å². The lowest BCUT2D eigenvalue weighted by atomic mass is 10.0. The number of amides is 1. The Morgan fingerprint density at radius 3 is 3.00 bits per heavy atom. The van der Waals surface area contributed by atoms with Crippen molar-refractivity contribution in [3.05, 3.63) is 23.9 Å². The topological polar surface area (TPSA) is 48.5 Å². The molecule has 1 fully saturated rings. The van der Waals surface area contributed by atoms with Crippen LogP contribution in [0.2, 0.25) is 0 Å². The molecule has 1 aromatic heterocycles. The Bertz CT molecular complexity index is 475. The molecular formula is C16H26N4O. The van der Waals surface area contributed by atoms with E-state index in [4.69, 9.17) is 0 Å². The third kappa shape index (κ3) is 3.94. The van der Waals surface area contributed by atoms with Crippen LogP contribution in [0.3, 0.4) is 0 Å². The number of rotatable bonds is 5. The predicted octanol–water partition coefficient (Wildman–Crippen LogP) is 1.64. The van der Waals surface area contributed by atoms with Gasteiger partial charge in [0.05, 0.1) is 6.04 Å². The van der Waals surface area contributed by atoms with Crippen LogP contribution >= 0.6 is 0 Å². The fourth-order valence-electron chi connectivity index (χ4n) is 2.94. The second-order valence-corrected chi connectivity index (χ2v) is 5.74. The Kier molecular flexibility index (Phi) is 5.56. The maximum atomic E-state index is 12.4. The summed E-state index contributed by atoms with van der Waals surface area (Å²) < 4.78 is 0. The molecule has 0 spiro atoms. The standard InChI is InChI=1S/C16H26N4O/c1-4-20-11-6-5-9-14(20)16(21)18-12-13-8-7-10-17-15(13)19(2)3/h7-8,10,14H,4-6,9,11-12H2,1-3H3,(H,18,21)/t14-/m1/s1. The zero-order valence-corrected chi connectivity index (χ0v) is 13.3. The van der Waals surface area contributed by atoms with Crippen molar-refractivity contribution in [2.24, 2.45) is 0 Å². The highest BCUT2D eigenvalue weighted by molar-refractivity contribution is 5.81. The van der Waals surface area contributed by atoms with Gasteiger partial charge < -0.3 is 10.2 Å². The Labute approximate surface area is 127 Å². The number of likely N-dealkylation sites (tertiary alicyclic amines) is 1. The molecule has 2 rings (SSSR count). The van der Waals surface area contributed by atoms with Gasteiger partial charge >= 0.3 is 0 Å². The van der Waals surface area contributed by atoms with Gasteiger partial charge in [0.15, 0.2) is 0 Å². The van der Waals surface area contributed by atoms with E-state index < -0.39 is 0 Å². The molecule has 0 saturated carbocycles. The summed E-state index contributed by atoms with van der Waals surface area (Å²) >= 11 is 0. The summed E-state index contributed by atoms with van der Waals surface area (Å²) in [6.07, 6.45) is 5.09. The van der Waals surface area contributed by atoms with Crippen LogP contribution in [0.1, 0.15) is 31.7 Å². The van der Waals surface area contributed by atoms with E-state index in [9.17, 15) is 4.79 Å². The maximum Gasteiger partial charge on any atom is 0.237 e. The Balaban J connectivity index is 1.97. The van der Waals surface area contributed by atoms with Crippen molar-refractivity contribution in [1.82, 2.24) is 15.2 Å². The summed E-state index contributed by atoms with van der Waals surface area (Å²) in [6, 6.07) is 3.96. The van der Waals surface area contributed by atoms with E-state index in [2.05, 4.69) is 22.1 Å². The minimum atomic E-state index is 0.0308. The first-order chi connectivity index (χ1) is 10.1. The first kappa shape index (κ1) is 15.8. The Morgan fingerprint density at radius 2 is 2.29 bits per heavy atom. The molecule has 1 aromatic rings. The fraction of sp³-hybridized carbons (Fsp3) is 0.625. The largest absolute Gasteiger partial charge is 0.362 e. The van der Waals surface area contributed by atoms with Crippen molar-refractivity contribution in [3.8, 4) is 0 Å². The van der Waals surface area contributed by atoms with Gasteiger partial charge in [0, 0.05) is 32.4 Å². The third-order valence-corrected chi connectivity index (χ3v) is 4.07. The number of pyridine rings is 1. The van der Waals surface area contributed by atoms with Gasteiger partial charge in [-0.15, -0.1) is 0 Å². The summed E-state index contributed by atoms with van der Waals surface area (Å²) in [7, 11) is 3.93. The number of aromatic nitrogens is 1. The maximum absolute atomic E-state index is 12.4. The second kappa shape index (κ2) is 7.41. The van der Waals surface area contributed by atoms with Gasteiger partial charge in [0.25, 0.3) is 0 Å². The van der Waals surface area contributed by atoms with Crippen molar-refractivity contribution >= 4 is 11.7 Å². The van der Waals surface area contributed by atoms with Gasteiger partial charge in [-0.3, -0.25) is 9.69 Å². The minimum absolute atomic E-state index is 0.0308. The van der Waals surface area contributed by atoms with Crippen LogP contribution in [0.5, 0.6) is 0 Å². The number of anilines is 1. The Hall–Kier alpha value is -1.62. The summed E-state index contributed by atoms with van der Waals surface area (Å²) in [5.41, 5.74) is 1.05. The molecule has 0 aromatic carbocycles. The lowest BCUT2D eigenvalue weighted by Gasteiger charge is -2.33. The number of carbonyl (C=O) groups is 1. The molecule has 21 heavy (non-hydrogen) atoms. The van der Waals surface area contributed by atoms with Crippen LogP contribution in [0, 0.1) is 0 Å². The van der Waals surface area contributed by atoms with E-state index in [1.165, 1.54) is 6.42 Å². The molecule has 1 N–H and O–H groups in total. The van der Waals surface area contributed by atoms with Crippen molar-refractivity contribution in [1.29, 1.82) is 0 Å². The quantitative estimate of drug-likeness (QED) is 0.895. The number of piperidine rings is 1. The fourth-order valence-corrected chi connectivity index (χ4v) is 2.94. The van der Waals surface area contributed by atoms with E-state index in [1.54, 1.807) is 6.20 Å². The lowest BCUT2D eigenvalue weighted by molar-refractivity contribution is -0.127. The van der Waals surface area contributed by atoms with E-state index in [-0.39, 0.29) is 11.9 Å². The number of hydrogen-bond acceptors (Lipinski definition) is 4. The smallest absolute Gasteiger partial charge is 0.237 e. The number of hydrogen-bond donors (Lipinski definition) is 1. The van der Waals surface area contributed by atoms with Gasteiger partial charge in [-0.25, -0.2) is 4.98 Å². The molecule has 5 nitrogen and oxygen atoms in total. The van der Waals surface area contributed by atoms with Crippen molar-refractivity contribution in [2.45, 2.75) is 38.8 Å². The normalized spacial score (nSPS) is 19.3. The second-order valence-electron chi connectivity index (χ2n) is 5.74. The molecule has 5 heteroatoms. The van der Waals surface area contributed by atoms with Crippen LogP contribution in [0.25, 0.3) is 0 Å². The highest BCUT2D eigenvalue weighted by Crippen LogP contribution is 2.18. The highest BCUT2D eigenvalue weighted by Gasteiger charge is 2.27. The zero-order chi connectivity index (χ0) is 15.2. The number of nitrogens with one attached hydrogen (secondary N) is 1. The summed E-state index contributed by atoms with van der Waals surface area (Å²) in [4.78, 5) is 21.0. The molecule has 1 saturated heterocycles. The van der Waals surface area contributed by atoms with Crippen LogP contribution in [0.4, 0.5) is 5.82 Å². The molecule has 0 aliphatic carbocycles. The van der Waals surface area contributed by atoms with Crippen molar-refractivity contribution in [3.63, 3.8) is 0 Å². The predicted molar refractivity (Wildman–Crippen MR) is 85.3 cm³/mol. The third-order valence-electron chi connectivity index (χ3n) is 4.07. The lowest BCUT2D eigenvalue weighted by Crippen LogP contribution is -2.49. The van der Waals surface area contributed by atoms with E-state index in [0.717, 1.165) is 37.3 Å². The molecule has 116 valence electrons. The van der Waals surface area contributed by atoms with E-state index >= 15 is 0 Å². The number of carbonyl (C=O) groups excluding carboxylic acids is 1. The monoisotopic (exact) mass is 290 g/mol. The minimum Gasteiger partial charge on any atom is -0.362 e. The summed E-state index contributed by atoms with van der Waals surface area (Å²) in [5.74, 6) is 1.05. The molecule has 0 unspecified atom stereocenters. The van der Waals surface area contributed by atoms with Crippen LogP contribution < -0.4 is 10.2 Å². The first-order valence-corrected chi connectivity index (χ1v) is 7.76. The summed E-state index contributed by atoms with van der Waals surface area (Å²) in [5, 5.41) is 3.08. The average Bonchev–Trinajstić information content (AvgIpc) is 2.52.